The molecule has 1 unspecified atom stereocenters. The Labute approximate surface area is 131 Å². The van der Waals surface area contributed by atoms with E-state index in [-0.39, 0.29) is 5.56 Å². The molecule has 6 heteroatoms. The zero-order valence-electron chi connectivity index (χ0n) is 10.4. The number of hydrogen-bond donors (Lipinski definition) is 1. The van der Waals surface area contributed by atoms with Crippen molar-refractivity contribution in [2.45, 2.75) is 13.0 Å². The van der Waals surface area contributed by atoms with E-state index < -0.39 is 23.5 Å². The lowest BCUT2D eigenvalue weighted by Gasteiger charge is -2.17. The molecule has 2 aromatic rings. The number of hydrogen-bond acceptors (Lipinski definition) is 1. The first kappa shape index (κ1) is 15.5. The third-order valence-corrected chi connectivity index (χ3v) is 4.51. The standard InChI is InChI=1S/C14H10Br2F3N/c1-6-2-10(16)8(5-9(6)15)14(20)13-11(18)3-7(17)4-12(13)19/h2-5,14H,20H2,1H3. The van der Waals surface area contributed by atoms with E-state index in [1.165, 1.54) is 0 Å². The van der Waals surface area contributed by atoms with Gasteiger partial charge in [-0.3, -0.25) is 0 Å². The van der Waals surface area contributed by atoms with Crippen LogP contribution in [0.2, 0.25) is 0 Å². The lowest BCUT2D eigenvalue weighted by atomic mass is 9.97. The molecule has 2 rings (SSSR count). The summed E-state index contributed by atoms with van der Waals surface area (Å²) in [5, 5.41) is 0. The van der Waals surface area contributed by atoms with Crippen molar-refractivity contribution >= 4 is 31.9 Å². The second kappa shape index (κ2) is 5.87. The van der Waals surface area contributed by atoms with Crippen molar-refractivity contribution in [3.8, 4) is 0 Å². The van der Waals surface area contributed by atoms with E-state index in [1.807, 2.05) is 6.92 Å². The van der Waals surface area contributed by atoms with Gasteiger partial charge in [0, 0.05) is 26.6 Å². The molecule has 2 aromatic carbocycles. The normalized spacial score (nSPS) is 12.6. The van der Waals surface area contributed by atoms with Gasteiger partial charge in [-0.1, -0.05) is 31.9 Å². The maximum atomic E-state index is 13.8. The average molecular weight is 409 g/mol. The molecule has 0 spiro atoms. The van der Waals surface area contributed by atoms with Gasteiger partial charge in [-0.2, -0.15) is 0 Å². The molecule has 0 radical (unpaired) electrons. The molecule has 20 heavy (non-hydrogen) atoms. The summed E-state index contributed by atoms with van der Waals surface area (Å²) < 4.78 is 41.9. The van der Waals surface area contributed by atoms with Gasteiger partial charge in [-0.25, -0.2) is 13.2 Å². The summed E-state index contributed by atoms with van der Waals surface area (Å²) in [6, 6.07) is 3.68. The molecule has 0 bridgehead atoms. The second-order valence-corrected chi connectivity index (χ2v) is 6.09. The minimum absolute atomic E-state index is 0.358. The van der Waals surface area contributed by atoms with Crippen molar-refractivity contribution in [3.63, 3.8) is 0 Å². The molecule has 0 amide bonds. The van der Waals surface area contributed by atoms with Crippen LogP contribution in [0.15, 0.2) is 33.2 Å². The van der Waals surface area contributed by atoms with Crippen molar-refractivity contribution in [2.24, 2.45) is 5.73 Å². The van der Waals surface area contributed by atoms with Crippen LogP contribution in [0.3, 0.4) is 0 Å². The first-order chi connectivity index (χ1) is 9.31. The van der Waals surface area contributed by atoms with Crippen molar-refractivity contribution in [3.05, 3.63) is 67.4 Å². The maximum absolute atomic E-state index is 13.8. The monoisotopic (exact) mass is 407 g/mol. The lowest BCUT2D eigenvalue weighted by Crippen LogP contribution is -2.17. The number of nitrogens with two attached hydrogens (primary N) is 1. The van der Waals surface area contributed by atoms with Gasteiger partial charge in [0.15, 0.2) is 0 Å². The molecule has 0 aromatic heterocycles. The molecule has 0 aliphatic carbocycles. The summed E-state index contributed by atoms with van der Waals surface area (Å²) in [5.41, 5.74) is 7.03. The molecule has 0 aliphatic heterocycles. The molecule has 2 N–H and O–H groups in total. The maximum Gasteiger partial charge on any atom is 0.134 e. The summed E-state index contributed by atoms with van der Waals surface area (Å²) in [5.74, 6) is -2.97. The summed E-state index contributed by atoms with van der Waals surface area (Å²) in [4.78, 5) is 0. The van der Waals surface area contributed by atoms with Crippen molar-refractivity contribution in [2.75, 3.05) is 0 Å². The van der Waals surface area contributed by atoms with Crippen LogP contribution in [-0.2, 0) is 0 Å². The van der Waals surface area contributed by atoms with E-state index in [1.54, 1.807) is 12.1 Å². The van der Waals surface area contributed by atoms with Crippen LogP contribution in [0.5, 0.6) is 0 Å². The van der Waals surface area contributed by atoms with E-state index in [0.29, 0.717) is 22.2 Å². The van der Waals surface area contributed by atoms with Crippen LogP contribution in [0.4, 0.5) is 13.2 Å². The highest BCUT2D eigenvalue weighted by atomic mass is 79.9. The highest BCUT2D eigenvalue weighted by Gasteiger charge is 2.22. The van der Waals surface area contributed by atoms with Crippen LogP contribution in [0.1, 0.15) is 22.7 Å². The molecule has 0 saturated carbocycles. The first-order valence-electron chi connectivity index (χ1n) is 5.66. The van der Waals surface area contributed by atoms with Gasteiger partial charge in [-0.05, 0) is 30.2 Å². The van der Waals surface area contributed by atoms with Crippen LogP contribution >= 0.6 is 31.9 Å². The van der Waals surface area contributed by atoms with Gasteiger partial charge < -0.3 is 5.73 Å². The molecular weight excluding hydrogens is 399 g/mol. The average Bonchev–Trinajstić information content (AvgIpc) is 2.32. The van der Waals surface area contributed by atoms with Crippen LogP contribution in [-0.4, -0.2) is 0 Å². The number of rotatable bonds is 2. The smallest absolute Gasteiger partial charge is 0.134 e. The Balaban J connectivity index is 2.57. The molecule has 0 fully saturated rings. The fourth-order valence-electron chi connectivity index (χ4n) is 1.91. The van der Waals surface area contributed by atoms with Crippen LogP contribution in [0.25, 0.3) is 0 Å². The third kappa shape index (κ3) is 2.92. The molecule has 1 nitrogen and oxygen atoms in total. The van der Waals surface area contributed by atoms with Gasteiger partial charge >= 0.3 is 0 Å². The Morgan fingerprint density at radius 2 is 1.50 bits per heavy atom. The molecule has 0 heterocycles. The highest BCUT2D eigenvalue weighted by molar-refractivity contribution is 9.11. The quantitative estimate of drug-likeness (QED) is 0.744. The van der Waals surface area contributed by atoms with Gasteiger partial charge in [0.2, 0.25) is 0 Å². The summed E-state index contributed by atoms with van der Waals surface area (Å²) in [6.45, 7) is 1.88. The van der Waals surface area contributed by atoms with Crippen molar-refractivity contribution < 1.29 is 13.2 Å². The zero-order chi connectivity index (χ0) is 15.0. The molecule has 0 aliphatic rings. The van der Waals surface area contributed by atoms with Gasteiger partial charge in [0.05, 0.1) is 6.04 Å². The fourth-order valence-corrected chi connectivity index (χ4v) is 2.97. The fraction of sp³-hybridized carbons (Fsp3) is 0.143. The topological polar surface area (TPSA) is 26.0 Å². The van der Waals surface area contributed by atoms with Crippen molar-refractivity contribution in [1.82, 2.24) is 0 Å². The zero-order valence-corrected chi connectivity index (χ0v) is 13.5. The predicted molar refractivity (Wildman–Crippen MR) is 78.9 cm³/mol. The number of aryl methyl sites for hydroxylation is 1. The van der Waals surface area contributed by atoms with Gasteiger partial charge in [-0.15, -0.1) is 0 Å². The molecule has 106 valence electrons. The third-order valence-electron chi connectivity index (χ3n) is 2.97. The van der Waals surface area contributed by atoms with E-state index in [0.717, 1.165) is 10.0 Å². The van der Waals surface area contributed by atoms with E-state index in [2.05, 4.69) is 31.9 Å². The summed E-state index contributed by atoms with van der Waals surface area (Å²) >= 11 is 6.67. The Morgan fingerprint density at radius 1 is 0.950 bits per heavy atom. The number of benzene rings is 2. The van der Waals surface area contributed by atoms with E-state index >= 15 is 0 Å². The Hall–Kier alpha value is -0.850. The molecule has 1 atom stereocenters. The first-order valence-corrected chi connectivity index (χ1v) is 7.25. The largest absolute Gasteiger partial charge is 0.320 e. The lowest BCUT2D eigenvalue weighted by molar-refractivity contribution is 0.515. The minimum Gasteiger partial charge on any atom is -0.320 e. The molecular formula is C14H10Br2F3N. The molecule has 0 saturated heterocycles. The van der Waals surface area contributed by atoms with E-state index in [4.69, 9.17) is 5.73 Å². The Kier molecular flexibility index (Phi) is 4.56. The van der Waals surface area contributed by atoms with E-state index in [9.17, 15) is 13.2 Å². The van der Waals surface area contributed by atoms with Crippen LogP contribution in [0, 0.1) is 24.4 Å². The Bertz CT molecular complexity index is 651. The summed E-state index contributed by atoms with van der Waals surface area (Å²) in [6.07, 6.45) is 0. The summed E-state index contributed by atoms with van der Waals surface area (Å²) in [7, 11) is 0. The highest BCUT2D eigenvalue weighted by Crippen LogP contribution is 2.33. The predicted octanol–water partition coefficient (Wildman–Crippen LogP) is 4.99. The van der Waals surface area contributed by atoms with Crippen LogP contribution < -0.4 is 5.73 Å². The SMILES string of the molecule is Cc1cc(Br)c(C(N)c2c(F)cc(F)cc2F)cc1Br. The minimum atomic E-state index is -1.04. The van der Waals surface area contributed by atoms with Gasteiger partial charge in [0.25, 0.3) is 0 Å². The van der Waals surface area contributed by atoms with Crippen molar-refractivity contribution in [1.29, 1.82) is 0 Å². The Morgan fingerprint density at radius 3 is 2.05 bits per heavy atom. The number of halogens is 5. The second-order valence-electron chi connectivity index (χ2n) is 4.38. The van der Waals surface area contributed by atoms with Gasteiger partial charge in [0.1, 0.15) is 17.5 Å².